The van der Waals surface area contributed by atoms with Gasteiger partial charge in [-0.15, -0.1) is 0 Å². The molecule has 1 saturated heterocycles. The summed E-state index contributed by atoms with van der Waals surface area (Å²) in [5.41, 5.74) is 3.66. The van der Waals surface area contributed by atoms with Gasteiger partial charge in [-0.2, -0.15) is 5.10 Å². The van der Waals surface area contributed by atoms with Gasteiger partial charge in [0, 0.05) is 19.0 Å². The minimum absolute atomic E-state index is 0.276. The third kappa shape index (κ3) is 3.19. The van der Waals surface area contributed by atoms with Crippen molar-refractivity contribution in [1.82, 2.24) is 14.8 Å². The standard InChI is InChI=1S/C22H23FN4O2/c23-15-4-6-17(7-5-15)27-22-20(21(25-27)14-2-1-3-14)19(12-16(13-28)24-22)26-10-8-18(29)9-11-26/h4-7,12-14,18,29H,1-3,8-11H2. The summed E-state index contributed by atoms with van der Waals surface area (Å²) in [4.78, 5) is 18.4. The highest BCUT2D eigenvalue weighted by molar-refractivity contribution is 5.96. The van der Waals surface area contributed by atoms with Crippen LogP contribution >= 0.6 is 0 Å². The summed E-state index contributed by atoms with van der Waals surface area (Å²) in [6, 6.07) is 8.01. The van der Waals surface area contributed by atoms with Crippen molar-refractivity contribution in [2.75, 3.05) is 18.0 Å². The zero-order chi connectivity index (χ0) is 20.0. The van der Waals surface area contributed by atoms with Crippen molar-refractivity contribution in [2.24, 2.45) is 0 Å². The molecule has 1 aliphatic heterocycles. The highest BCUT2D eigenvalue weighted by Gasteiger charge is 2.30. The van der Waals surface area contributed by atoms with Gasteiger partial charge in [0.2, 0.25) is 0 Å². The van der Waals surface area contributed by atoms with Gasteiger partial charge in [-0.05, 0) is 56.0 Å². The van der Waals surface area contributed by atoms with Crippen LogP contribution in [0, 0.1) is 5.82 Å². The second-order valence-corrected chi connectivity index (χ2v) is 8.00. The SMILES string of the molecule is O=Cc1cc(N2CCC(O)CC2)c2c(C3CCC3)nn(-c3ccc(F)cc3)c2n1. The van der Waals surface area contributed by atoms with Crippen molar-refractivity contribution in [1.29, 1.82) is 0 Å². The second kappa shape index (κ2) is 7.22. The quantitative estimate of drug-likeness (QED) is 0.685. The number of aliphatic hydroxyl groups is 1. The summed E-state index contributed by atoms with van der Waals surface area (Å²) in [6.45, 7) is 1.45. The maximum Gasteiger partial charge on any atom is 0.168 e. The monoisotopic (exact) mass is 394 g/mol. The van der Waals surface area contributed by atoms with Crippen LogP contribution in [0.25, 0.3) is 16.7 Å². The molecule has 1 N–H and O–H groups in total. The van der Waals surface area contributed by atoms with E-state index in [1.54, 1.807) is 16.8 Å². The van der Waals surface area contributed by atoms with E-state index >= 15 is 0 Å². The summed E-state index contributed by atoms with van der Waals surface area (Å²) in [5, 5.41) is 15.8. The van der Waals surface area contributed by atoms with E-state index in [1.807, 2.05) is 6.07 Å². The Hall–Kier alpha value is -2.80. The maximum atomic E-state index is 13.5. The van der Waals surface area contributed by atoms with Crippen molar-refractivity contribution in [3.05, 3.63) is 47.5 Å². The van der Waals surface area contributed by atoms with E-state index < -0.39 is 0 Å². The number of benzene rings is 1. The van der Waals surface area contributed by atoms with Crippen molar-refractivity contribution >= 4 is 23.0 Å². The van der Waals surface area contributed by atoms with Gasteiger partial charge >= 0.3 is 0 Å². The number of rotatable bonds is 4. The molecule has 2 aliphatic rings. The molecule has 0 spiro atoms. The Kier molecular flexibility index (Phi) is 4.54. The Bertz CT molecular complexity index is 1050. The molecule has 0 atom stereocenters. The smallest absolute Gasteiger partial charge is 0.168 e. The summed E-state index contributed by atoms with van der Waals surface area (Å²) >= 11 is 0. The Balaban J connectivity index is 1.73. The van der Waals surface area contributed by atoms with E-state index in [2.05, 4.69) is 9.88 Å². The summed E-state index contributed by atoms with van der Waals surface area (Å²) in [6.07, 6.45) is 5.23. The van der Waals surface area contributed by atoms with Crippen molar-refractivity contribution in [2.45, 2.75) is 44.1 Å². The van der Waals surface area contributed by atoms with Gasteiger partial charge in [-0.1, -0.05) is 6.42 Å². The average molecular weight is 394 g/mol. The minimum atomic E-state index is -0.307. The molecule has 2 fully saturated rings. The molecule has 5 rings (SSSR count). The third-order valence-electron chi connectivity index (χ3n) is 6.15. The molecule has 0 amide bonds. The van der Waals surface area contributed by atoms with Gasteiger partial charge in [0.05, 0.1) is 28.6 Å². The molecule has 150 valence electrons. The molecule has 1 aliphatic carbocycles. The van der Waals surface area contributed by atoms with Crippen LogP contribution in [0.1, 0.15) is 54.2 Å². The van der Waals surface area contributed by atoms with Crippen LogP contribution in [0.4, 0.5) is 10.1 Å². The third-order valence-corrected chi connectivity index (χ3v) is 6.15. The number of aliphatic hydroxyl groups excluding tert-OH is 1. The highest BCUT2D eigenvalue weighted by atomic mass is 19.1. The van der Waals surface area contributed by atoms with E-state index in [-0.39, 0.29) is 11.9 Å². The number of fused-ring (bicyclic) bond motifs is 1. The van der Waals surface area contributed by atoms with Gasteiger partial charge in [-0.3, -0.25) is 4.79 Å². The number of pyridine rings is 1. The van der Waals surface area contributed by atoms with Crippen LogP contribution < -0.4 is 4.90 Å². The van der Waals surface area contributed by atoms with E-state index in [0.29, 0.717) is 30.1 Å². The van der Waals surface area contributed by atoms with E-state index in [0.717, 1.165) is 54.7 Å². The maximum absolute atomic E-state index is 13.5. The molecule has 3 aromatic rings. The van der Waals surface area contributed by atoms with Crippen LogP contribution in [0.3, 0.4) is 0 Å². The molecule has 1 saturated carbocycles. The average Bonchev–Trinajstić information content (AvgIpc) is 3.06. The normalized spacial score (nSPS) is 18.2. The number of hydrogen-bond donors (Lipinski definition) is 1. The number of carbonyl (C=O) groups excluding carboxylic acids is 1. The highest BCUT2D eigenvalue weighted by Crippen LogP contribution is 2.42. The van der Waals surface area contributed by atoms with Crippen LogP contribution in [0.5, 0.6) is 0 Å². The van der Waals surface area contributed by atoms with E-state index in [9.17, 15) is 14.3 Å². The number of aldehydes is 1. The van der Waals surface area contributed by atoms with Crippen molar-refractivity contribution in [3.63, 3.8) is 0 Å². The first-order valence-electron chi connectivity index (χ1n) is 10.2. The molecule has 0 unspecified atom stereocenters. The zero-order valence-electron chi connectivity index (χ0n) is 16.1. The molecule has 2 aromatic heterocycles. The number of halogens is 1. The molecule has 0 bridgehead atoms. The summed E-state index contributed by atoms with van der Waals surface area (Å²) < 4.78 is 15.2. The molecule has 6 nitrogen and oxygen atoms in total. The molecule has 29 heavy (non-hydrogen) atoms. The van der Waals surface area contributed by atoms with E-state index in [4.69, 9.17) is 5.10 Å². The lowest BCUT2D eigenvalue weighted by atomic mass is 9.82. The Morgan fingerprint density at radius 1 is 1.10 bits per heavy atom. The molecule has 7 heteroatoms. The van der Waals surface area contributed by atoms with Crippen molar-refractivity contribution in [3.8, 4) is 5.69 Å². The Labute approximate surface area is 168 Å². The molecule has 3 heterocycles. The number of nitrogens with zero attached hydrogens (tertiary/aromatic N) is 4. The summed E-state index contributed by atoms with van der Waals surface area (Å²) in [7, 11) is 0. The predicted molar refractivity (Wildman–Crippen MR) is 108 cm³/mol. The lowest BCUT2D eigenvalue weighted by Crippen LogP contribution is -2.36. The van der Waals surface area contributed by atoms with Crippen molar-refractivity contribution < 1.29 is 14.3 Å². The van der Waals surface area contributed by atoms with Gasteiger partial charge in [0.1, 0.15) is 11.5 Å². The van der Waals surface area contributed by atoms with Crippen LogP contribution in [-0.2, 0) is 0 Å². The lowest BCUT2D eigenvalue weighted by molar-refractivity contribution is 0.111. The minimum Gasteiger partial charge on any atom is -0.393 e. The van der Waals surface area contributed by atoms with E-state index in [1.165, 1.54) is 18.6 Å². The number of anilines is 1. The number of aromatic nitrogens is 3. The van der Waals surface area contributed by atoms with Crippen LogP contribution in [-0.4, -0.2) is 45.4 Å². The second-order valence-electron chi connectivity index (χ2n) is 8.00. The number of carbonyl (C=O) groups is 1. The zero-order valence-corrected chi connectivity index (χ0v) is 16.1. The lowest BCUT2D eigenvalue weighted by Gasteiger charge is -2.32. The fourth-order valence-electron chi connectivity index (χ4n) is 4.29. The largest absolute Gasteiger partial charge is 0.393 e. The fourth-order valence-corrected chi connectivity index (χ4v) is 4.29. The molecular weight excluding hydrogens is 371 g/mol. The number of hydrogen-bond acceptors (Lipinski definition) is 5. The number of piperidine rings is 1. The van der Waals surface area contributed by atoms with Gasteiger partial charge in [-0.25, -0.2) is 14.1 Å². The molecule has 1 aromatic carbocycles. The van der Waals surface area contributed by atoms with Gasteiger partial charge in [0.15, 0.2) is 11.9 Å². The first-order valence-corrected chi connectivity index (χ1v) is 10.2. The van der Waals surface area contributed by atoms with Crippen LogP contribution in [0.2, 0.25) is 0 Å². The first-order chi connectivity index (χ1) is 14.1. The Morgan fingerprint density at radius 2 is 1.83 bits per heavy atom. The topological polar surface area (TPSA) is 71.2 Å². The predicted octanol–water partition coefficient (Wildman–Crippen LogP) is 3.60. The fraction of sp³-hybridized carbons (Fsp3) is 0.409. The molecular formula is C22H23FN4O2. The van der Waals surface area contributed by atoms with Gasteiger partial charge < -0.3 is 10.0 Å². The summed E-state index contributed by atoms with van der Waals surface area (Å²) in [5.74, 6) is 0.0655. The van der Waals surface area contributed by atoms with Crippen LogP contribution in [0.15, 0.2) is 30.3 Å². The van der Waals surface area contributed by atoms with Gasteiger partial charge in [0.25, 0.3) is 0 Å². The Morgan fingerprint density at radius 3 is 2.45 bits per heavy atom. The molecule has 0 radical (unpaired) electrons. The first kappa shape index (κ1) is 18.2.